The molecule has 78 valence electrons. The monoisotopic (exact) mass is 233 g/mol. The fourth-order valence-corrected chi connectivity index (χ4v) is 1.57. The van der Waals surface area contributed by atoms with Gasteiger partial charge in [0.2, 0.25) is 0 Å². The molecule has 0 aromatic heterocycles. The lowest BCUT2D eigenvalue weighted by Crippen LogP contribution is -2.17. The van der Waals surface area contributed by atoms with E-state index in [9.17, 15) is 0 Å². The standard InChI is InChI=1S/C10H13Cl2NO/c1-14-6-8(5-13)7-2-3-9(11)10(12)4-7/h2-4,8H,5-6,13H2,1H3. The molecule has 2 N–H and O–H groups in total. The van der Waals surface area contributed by atoms with E-state index < -0.39 is 0 Å². The Labute approximate surface area is 94.0 Å². The maximum atomic E-state index is 5.90. The van der Waals surface area contributed by atoms with Crippen LogP contribution >= 0.6 is 23.2 Å². The molecule has 0 heterocycles. The summed E-state index contributed by atoms with van der Waals surface area (Å²) >= 11 is 11.7. The molecule has 0 aliphatic heterocycles. The van der Waals surface area contributed by atoms with Crippen LogP contribution in [-0.4, -0.2) is 20.3 Å². The first-order valence-corrected chi connectivity index (χ1v) is 5.08. The van der Waals surface area contributed by atoms with E-state index in [2.05, 4.69) is 0 Å². The van der Waals surface area contributed by atoms with Crippen LogP contribution in [-0.2, 0) is 4.74 Å². The van der Waals surface area contributed by atoms with Crippen LogP contribution in [0.1, 0.15) is 11.5 Å². The van der Waals surface area contributed by atoms with Crippen LogP contribution in [0.2, 0.25) is 10.0 Å². The Bertz CT molecular complexity index is 304. The minimum absolute atomic E-state index is 0.176. The number of hydrogen-bond acceptors (Lipinski definition) is 2. The third kappa shape index (κ3) is 2.85. The molecule has 0 aliphatic carbocycles. The molecule has 1 aromatic carbocycles. The van der Waals surface area contributed by atoms with E-state index in [1.807, 2.05) is 12.1 Å². The van der Waals surface area contributed by atoms with E-state index in [0.717, 1.165) is 5.56 Å². The average Bonchev–Trinajstić information content (AvgIpc) is 2.19. The molecule has 1 unspecified atom stereocenters. The molecule has 0 fully saturated rings. The molecule has 1 rings (SSSR count). The Morgan fingerprint density at radius 1 is 1.36 bits per heavy atom. The van der Waals surface area contributed by atoms with Gasteiger partial charge in [-0.3, -0.25) is 0 Å². The highest BCUT2D eigenvalue weighted by Crippen LogP contribution is 2.26. The Morgan fingerprint density at radius 3 is 2.57 bits per heavy atom. The van der Waals surface area contributed by atoms with Crippen molar-refractivity contribution in [3.63, 3.8) is 0 Å². The zero-order valence-electron chi connectivity index (χ0n) is 7.97. The minimum atomic E-state index is 0.176. The smallest absolute Gasteiger partial charge is 0.0595 e. The largest absolute Gasteiger partial charge is 0.384 e. The van der Waals surface area contributed by atoms with Crippen molar-refractivity contribution in [2.45, 2.75) is 5.92 Å². The molecular formula is C10H13Cl2NO. The molecule has 14 heavy (non-hydrogen) atoms. The zero-order valence-corrected chi connectivity index (χ0v) is 9.48. The predicted octanol–water partition coefficient (Wildman–Crippen LogP) is 2.68. The summed E-state index contributed by atoms with van der Waals surface area (Å²) in [5, 5.41) is 1.11. The molecule has 1 aromatic rings. The summed E-state index contributed by atoms with van der Waals surface area (Å²) in [5.74, 6) is 0.176. The van der Waals surface area contributed by atoms with Crippen molar-refractivity contribution in [2.75, 3.05) is 20.3 Å². The highest BCUT2D eigenvalue weighted by atomic mass is 35.5. The first-order valence-electron chi connectivity index (χ1n) is 4.33. The Morgan fingerprint density at radius 2 is 2.07 bits per heavy atom. The number of ether oxygens (including phenoxy) is 1. The van der Waals surface area contributed by atoms with Crippen LogP contribution in [0.5, 0.6) is 0 Å². The van der Waals surface area contributed by atoms with Crippen LogP contribution in [0, 0.1) is 0 Å². The summed E-state index contributed by atoms with van der Waals surface area (Å²) in [5.41, 5.74) is 6.68. The highest BCUT2D eigenvalue weighted by Gasteiger charge is 2.10. The van der Waals surface area contributed by atoms with Crippen molar-refractivity contribution in [3.8, 4) is 0 Å². The third-order valence-corrected chi connectivity index (χ3v) is 2.81. The summed E-state index contributed by atoms with van der Waals surface area (Å²) in [6.07, 6.45) is 0. The first-order chi connectivity index (χ1) is 6.69. The van der Waals surface area contributed by atoms with Crippen LogP contribution in [0.3, 0.4) is 0 Å². The third-order valence-electron chi connectivity index (χ3n) is 2.07. The van der Waals surface area contributed by atoms with Gasteiger partial charge < -0.3 is 10.5 Å². The van der Waals surface area contributed by atoms with E-state index in [4.69, 9.17) is 33.7 Å². The fraction of sp³-hybridized carbons (Fsp3) is 0.400. The molecule has 0 amide bonds. The number of halogens is 2. The maximum absolute atomic E-state index is 5.90. The van der Waals surface area contributed by atoms with E-state index >= 15 is 0 Å². The van der Waals surface area contributed by atoms with E-state index in [0.29, 0.717) is 23.2 Å². The Hall–Kier alpha value is -0.280. The number of rotatable bonds is 4. The molecule has 1 atom stereocenters. The van der Waals surface area contributed by atoms with Gasteiger partial charge in [-0.1, -0.05) is 29.3 Å². The van der Waals surface area contributed by atoms with Gasteiger partial charge >= 0.3 is 0 Å². The van der Waals surface area contributed by atoms with Gasteiger partial charge in [-0.2, -0.15) is 0 Å². The van der Waals surface area contributed by atoms with Crippen LogP contribution in [0.15, 0.2) is 18.2 Å². The first kappa shape index (κ1) is 11.8. The van der Waals surface area contributed by atoms with Gasteiger partial charge in [0.1, 0.15) is 0 Å². The van der Waals surface area contributed by atoms with E-state index in [-0.39, 0.29) is 5.92 Å². The average molecular weight is 234 g/mol. The lowest BCUT2D eigenvalue weighted by Gasteiger charge is -2.14. The predicted molar refractivity (Wildman–Crippen MR) is 60.1 cm³/mol. The van der Waals surface area contributed by atoms with Gasteiger partial charge in [0.05, 0.1) is 16.7 Å². The summed E-state index contributed by atoms with van der Waals surface area (Å²) in [6, 6.07) is 5.53. The SMILES string of the molecule is COCC(CN)c1ccc(Cl)c(Cl)c1. The summed E-state index contributed by atoms with van der Waals surface area (Å²) in [4.78, 5) is 0. The molecule has 4 heteroatoms. The van der Waals surface area contributed by atoms with Crippen LogP contribution < -0.4 is 5.73 Å². The summed E-state index contributed by atoms with van der Waals surface area (Å²) in [6.45, 7) is 1.13. The highest BCUT2D eigenvalue weighted by molar-refractivity contribution is 6.42. The van der Waals surface area contributed by atoms with Gasteiger partial charge in [-0.05, 0) is 17.7 Å². The van der Waals surface area contributed by atoms with Gasteiger partial charge in [0.25, 0.3) is 0 Å². The van der Waals surface area contributed by atoms with Crippen molar-refractivity contribution in [1.29, 1.82) is 0 Å². The lowest BCUT2D eigenvalue weighted by molar-refractivity contribution is 0.181. The Balaban J connectivity index is 2.88. The molecule has 0 bridgehead atoms. The lowest BCUT2D eigenvalue weighted by atomic mass is 10.0. The van der Waals surface area contributed by atoms with Crippen LogP contribution in [0.4, 0.5) is 0 Å². The van der Waals surface area contributed by atoms with Gasteiger partial charge in [0.15, 0.2) is 0 Å². The molecule has 2 nitrogen and oxygen atoms in total. The second-order valence-corrected chi connectivity index (χ2v) is 3.88. The molecular weight excluding hydrogens is 221 g/mol. The normalized spacial score (nSPS) is 12.9. The van der Waals surface area contributed by atoms with Crippen molar-refractivity contribution in [2.24, 2.45) is 5.73 Å². The quantitative estimate of drug-likeness (QED) is 0.869. The maximum Gasteiger partial charge on any atom is 0.0595 e. The van der Waals surface area contributed by atoms with Gasteiger partial charge in [-0.25, -0.2) is 0 Å². The van der Waals surface area contributed by atoms with Crippen LogP contribution in [0.25, 0.3) is 0 Å². The van der Waals surface area contributed by atoms with Crippen molar-refractivity contribution in [3.05, 3.63) is 33.8 Å². The van der Waals surface area contributed by atoms with Gasteiger partial charge in [0, 0.05) is 19.6 Å². The van der Waals surface area contributed by atoms with Gasteiger partial charge in [-0.15, -0.1) is 0 Å². The zero-order chi connectivity index (χ0) is 10.6. The molecule has 0 saturated heterocycles. The minimum Gasteiger partial charge on any atom is -0.384 e. The second-order valence-electron chi connectivity index (χ2n) is 3.06. The van der Waals surface area contributed by atoms with Crippen molar-refractivity contribution >= 4 is 23.2 Å². The topological polar surface area (TPSA) is 35.2 Å². The van der Waals surface area contributed by atoms with E-state index in [1.54, 1.807) is 13.2 Å². The number of benzene rings is 1. The second kappa shape index (κ2) is 5.56. The molecule has 0 spiro atoms. The molecule has 0 saturated carbocycles. The Kier molecular flexibility index (Phi) is 4.69. The van der Waals surface area contributed by atoms with Crippen molar-refractivity contribution < 1.29 is 4.74 Å². The number of hydrogen-bond donors (Lipinski definition) is 1. The summed E-state index contributed by atoms with van der Waals surface area (Å²) < 4.78 is 5.06. The van der Waals surface area contributed by atoms with E-state index in [1.165, 1.54) is 0 Å². The van der Waals surface area contributed by atoms with Crippen molar-refractivity contribution in [1.82, 2.24) is 0 Å². The molecule has 0 radical (unpaired) electrons. The number of methoxy groups -OCH3 is 1. The fourth-order valence-electron chi connectivity index (χ4n) is 1.27. The number of nitrogens with two attached hydrogens (primary N) is 1. The summed E-state index contributed by atoms with van der Waals surface area (Å²) in [7, 11) is 1.65. The molecule has 0 aliphatic rings.